The van der Waals surface area contributed by atoms with Crippen molar-refractivity contribution in [1.29, 1.82) is 0 Å². The first kappa shape index (κ1) is 12.7. The molecule has 0 aliphatic rings. The Labute approximate surface area is 97.3 Å². The second kappa shape index (κ2) is 6.99. The van der Waals surface area contributed by atoms with Crippen LogP contribution >= 0.6 is 0 Å². The molecule has 0 unspecified atom stereocenters. The molecule has 0 radical (unpaired) electrons. The maximum atomic E-state index is 5.59. The molecule has 1 aromatic rings. The molecule has 0 heterocycles. The molecule has 90 valence electrons. The standard InChI is InChI=1S/C13H20O3/c1-4-8-15-11-6-7-12(14-3)13(10-11)16-9-5-2/h6-7,10H,4-5,8-9H2,1-3H3. The molecule has 16 heavy (non-hydrogen) atoms. The number of hydrogen-bond acceptors (Lipinski definition) is 3. The quantitative estimate of drug-likeness (QED) is 0.711. The van der Waals surface area contributed by atoms with Gasteiger partial charge in [-0.05, 0) is 25.0 Å². The van der Waals surface area contributed by atoms with Gasteiger partial charge in [0.2, 0.25) is 0 Å². The Kier molecular flexibility index (Phi) is 5.54. The highest BCUT2D eigenvalue weighted by molar-refractivity contribution is 5.45. The second-order valence-electron chi connectivity index (χ2n) is 3.51. The van der Waals surface area contributed by atoms with Crippen LogP contribution in [0.25, 0.3) is 0 Å². The van der Waals surface area contributed by atoms with Crippen molar-refractivity contribution in [1.82, 2.24) is 0 Å². The lowest BCUT2D eigenvalue weighted by molar-refractivity contribution is 0.285. The fourth-order valence-electron chi connectivity index (χ4n) is 1.29. The van der Waals surface area contributed by atoms with Crippen molar-refractivity contribution in [2.45, 2.75) is 26.7 Å². The predicted molar refractivity (Wildman–Crippen MR) is 64.6 cm³/mol. The molecule has 0 atom stereocenters. The Morgan fingerprint density at radius 1 is 0.938 bits per heavy atom. The molecular formula is C13H20O3. The molecule has 0 fully saturated rings. The van der Waals surface area contributed by atoms with E-state index in [0.29, 0.717) is 6.61 Å². The van der Waals surface area contributed by atoms with Crippen LogP contribution in [0.4, 0.5) is 0 Å². The van der Waals surface area contributed by atoms with Gasteiger partial charge < -0.3 is 14.2 Å². The molecule has 0 aliphatic carbocycles. The average molecular weight is 224 g/mol. The molecule has 0 amide bonds. The first-order chi connectivity index (χ1) is 7.81. The van der Waals surface area contributed by atoms with E-state index in [4.69, 9.17) is 14.2 Å². The molecule has 1 aromatic carbocycles. The van der Waals surface area contributed by atoms with Crippen molar-refractivity contribution in [3.8, 4) is 17.2 Å². The van der Waals surface area contributed by atoms with Crippen molar-refractivity contribution >= 4 is 0 Å². The number of benzene rings is 1. The summed E-state index contributed by atoms with van der Waals surface area (Å²) in [5, 5.41) is 0. The van der Waals surface area contributed by atoms with E-state index < -0.39 is 0 Å². The van der Waals surface area contributed by atoms with Crippen LogP contribution < -0.4 is 14.2 Å². The summed E-state index contributed by atoms with van der Waals surface area (Å²) in [7, 11) is 1.64. The molecule has 1 rings (SSSR count). The summed E-state index contributed by atoms with van der Waals surface area (Å²) >= 11 is 0. The normalized spacial score (nSPS) is 9.94. The maximum absolute atomic E-state index is 5.59. The van der Waals surface area contributed by atoms with Crippen LogP contribution in [-0.2, 0) is 0 Å². The first-order valence-electron chi connectivity index (χ1n) is 5.75. The summed E-state index contributed by atoms with van der Waals surface area (Å²) < 4.78 is 16.4. The minimum absolute atomic E-state index is 0.688. The Morgan fingerprint density at radius 3 is 2.25 bits per heavy atom. The largest absolute Gasteiger partial charge is 0.493 e. The zero-order valence-corrected chi connectivity index (χ0v) is 10.3. The van der Waals surface area contributed by atoms with E-state index in [9.17, 15) is 0 Å². The van der Waals surface area contributed by atoms with Gasteiger partial charge in [-0.3, -0.25) is 0 Å². The number of rotatable bonds is 7. The predicted octanol–water partition coefficient (Wildman–Crippen LogP) is 3.27. The number of hydrogen-bond donors (Lipinski definition) is 0. The lowest BCUT2D eigenvalue weighted by Gasteiger charge is -2.12. The van der Waals surface area contributed by atoms with Crippen molar-refractivity contribution in [3.05, 3.63) is 18.2 Å². The van der Waals surface area contributed by atoms with Crippen molar-refractivity contribution in [3.63, 3.8) is 0 Å². The highest BCUT2D eigenvalue weighted by Gasteiger charge is 2.05. The lowest BCUT2D eigenvalue weighted by atomic mass is 10.3. The molecule has 0 aromatic heterocycles. The third-order valence-electron chi connectivity index (χ3n) is 2.07. The van der Waals surface area contributed by atoms with Gasteiger partial charge in [0.25, 0.3) is 0 Å². The highest BCUT2D eigenvalue weighted by Crippen LogP contribution is 2.31. The van der Waals surface area contributed by atoms with Crippen molar-refractivity contribution in [2.24, 2.45) is 0 Å². The summed E-state index contributed by atoms with van der Waals surface area (Å²) in [6.45, 7) is 5.56. The maximum Gasteiger partial charge on any atom is 0.164 e. The highest BCUT2D eigenvalue weighted by atomic mass is 16.5. The molecule has 3 nitrogen and oxygen atoms in total. The van der Waals surface area contributed by atoms with Gasteiger partial charge in [-0.25, -0.2) is 0 Å². The fourth-order valence-corrected chi connectivity index (χ4v) is 1.29. The number of ether oxygens (including phenoxy) is 3. The minimum atomic E-state index is 0.688. The van der Waals surface area contributed by atoms with Gasteiger partial charge in [0.05, 0.1) is 20.3 Å². The minimum Gasteiger partial charge on any atom is -0.493 e. The number of methoxy groups -OCH3 is 1. The van der Waals surface area contributed by atoms with Gasteiger partial charge in [-0.2, -0.15) is 0 Å². The van der Waals surface area contributed by atoms with Crippen LogP contribution in [0.2, 0.25) is 0 Å². The molecule has 0 saturated carbocycles. The van der Waals surface area contributed by atoms with E-state index in [2.05, 4.69) is 13.8 Å². The smallest absolute Gasteiger partial charge is 0.164 e. The van der Waals surface area contributed by atoms with Crippen LogP contribution in [0.3, 0.4) is 0 Å². The average Bonchev–Trinajstić information content (AvgIpc) is 2.33. The summed E-state index contributed by atoms with van der Waals surface area (Å²) in [4.78, 5) is 0. The molecule has 0 aliphatic heterocycles. The molecule has 0 bridgehead atoms. The fraction of sp³-hybridized carbons (Fsp3) is 0.538. The van der Waals surface area contributed by atoms with E-state index in [0.717, 1.165) is 36.7 Å². The molecule has 3 heteroatoms. The van der Waals surface area contributed by atoms with Crippen LogP contribution in [0.5, 0.6) is 17.2 Å². The van der Waals surface area contributed by atoms with Crippen LogP contribution in [0.1, 0.15) is 26.7 Å². The van der Waals surface area contributed by atoms with Gasteiger partial charge in [0, 0.05) is 6.07 Å². The van der Waals surface area contributed by atoms with Gasteiger partial charge >= 0.3 is 0 Å². The van der Waals surface area contributed by atoms with Gasteiger partial charge in [0.1, 0.15) is 5.75 Å². The Bertz CT molecular complexity index is 310. The van der Waals surface area contributed by atoms with Gasteiger partial charge in [0.15, 0.2) is 11.5 Å². The summed E-state index contributed by atoms with van der Waals surface area (Å²) in [6, 6.07) is 5.65. The lowest BCUT2D eigenvalue weighted by Crippen LogP contribution is -2.00. The van der Waals surface area contributed by atoms with Crippen molar-refractivity contribution < 1.29 is 14.2 Å². The Hall–Kier alpha value is -1.38. The van der Waals surface area contributed by atoms with E-state index in [1.165, 1.54) is 0 Å². The van der Waals surface area contributed by atoms with E-state index in [1.54, 1.807) is 7.11 Å². The van der Waals surface area contributed by atoms with Gasteiger partial charge in [-0.15, -0.1) is 0 Å². The summed E-state index contributed by atoms with van der Waals surface area (Å²) in [5.41, 5.74) is 0. The van der Waals surface area contributed by atoms with Crippen LogP contribution in [0, 0.1) is 0 Å². The molecule has 0 spiro atoms. The topological polar surface area (TPSA) is 27.7 Å². The third kappa shape index (κ3) is 3.65. The van der Waals surface area contributed by atoms with Crippen LogP contribution in [0.15, 0.2) is 18.2 Å². The SMILES string of the molecule is CCCOc1ccc(OC)c(OCCC)c1. The second-order valence-corrected chi connectivity index (χ2v) is 3.51. The molecule has 0 saturated heterocycles. The van der Waals surface area contributed by atoms with Crippen molar-refractivity contribution in [2.75, 3.05) is 20.3 Å². The van der Waals surface area contributed by atoms with Gasteiger partial charge in [-0.1, -0.05) is 13.8 Å². The van der Waals surface area contributed by atoms with Crippen LogP contribution in [-0.4, -0.2) is 20.3 Å². The zero-order chi connectivity index (χ0) is 11.8. The summed E-state index contributed by atoms with van der Waals surface area (Å²) in [5.74, 6) is 2.32. The zero-order valence-electron chi connectivity index (χ0n) is 10.3. The third-order valence-corrected chi connectivity index (χ3v) is 2.07. The Balaban J connectivity index is 2.74. The van der Waals surface area contributed by atoms with E-state index in [1.807, 2.05) is 18.2 Å². The molecular weight excluding hydrogens is 204 g/mol. The van der Waals surface area contributed by atoms with E-state index >= 15 is 0 Å². The Morgan fingerprint density at radius 2 is 1.62 bits per heavy atom. The van der Waals surface area contributed by atoms with E-state index in [-0.39, 0.29) is 0 Å². The monoisotopic (exact) mass is 224 g/mol. The summed E-state index contributed by atoms with van der Waals surface area (Å²) in [6.07, 6.45) is 1.97. The molecule has 0 N–H and O–H groups in total. The first-order valence-corrected chi connectivity index (χ1v) is 5.75.